The summed E-state index contributed by atoms with van der Waals surface area (Å²) in [6.45, 7) is 4.38. The zero-order valence-corrected chi connectivity index (χ0v) is 24.1. The fourth-order valence-electron chi connectivity index (χ4n) is 4.47. The van der Waals surface area contributed by atoms with Gasteiger partial charge in [0.05, 0.1) is 25.5 Å². The number of aromatic nitrogens is 5. The molecular weight excluding hydrogens is 550 g/mol. The molecule has 4 heterocycles. The van der Waals surface area contributed by atoms with Crippen molar-refractivity contribution in [3.8, 4) is 34.7 Å². The van der Waals surface area contributed by atoms with Gasteiger partial charge in [-0.2, -0.15) is 0 Å². The monoisotopic (exact) mass is 581 g/mol. The molecule has 0 bridgehead atoms. The molecule has 11 nitrogen and oxygen atoms in total. The molecule has 0 aliphatic rings. The van der Waals surface area contributed by atoms with Crippen molar-refractivity contribution < 1.29 is 27.5 Å². The predicted molar refractivity (Wildman–Crippen MR) is 155 cm³/mol. The Kier molecular flexibility index (Phi) is 8.21. The lowest BCUT2D eigenvalue weighted by molar-refractivity contribution is 0.274. The minimum atomic E-state index is 0.207. The summed E-state index contributed by atoms with van der Waals surface area (Å²) in [7, 11) is 1.60. The molecule has 0 amide bonds. The average Bonchev–Trinajstić information content (AvgIpc) is 3.85. The first-order valence-corrected chi connectivity index (χ1v) is 14.0. The summed E-state index contributed by atoms with van der Waals surface area (Å²) in [5, 5.41) is 13.1. The molecule has 0 N–H and O–H groups in total. The number of ether oxygens (including phenoxy) is 3. The van der Waals surface area contributed by atoms with Gasteiger partial charge in [-0.25, -0.2) is 9.67 Å². The molecule has 0 aliphatic carbocycles. The summed E-state index contributed by atoms with van der Waals surface area (Å²) >= 11 is 0. The van der Waals surface area contributed by atoms with Gasteiger partial charge in [-0.1, -0.05) is 31.2 Å². The van der Waals surface area contributed by atoms with Gasteiger partial charge in [-0.05, 0) is 55.3 Å². The largest absolute Gasteiger partial charge is 0.493 e. The van der Waals surface area contributed by atoms with Crippen molar-refractivity contribution in [3.05, 3.63) is 107 Å². The Balaban J connectivity index is 1.16. The first-order valence-electron chi connectivity index (χ1n) is 14.0. The van der Waals surface area contributed by atoms with Gasteiger partial charge in [0.15, 0.2) is 17.3 Å². The Morgan fingerprint density at radius 2 is 1.74 bits per heavy atom. The lowest BCUT2D eigenvalue weighted by atomic mass is 10.2. The van der Waals surface area contributed by atoms with Gasteiger partial charge in [0, 0.05) is 18.2 Å². The molecule has 0 fully saturated rings. The van der Waals surface area contributed by atoms with Crippen LogP contribution in [0.25, 0.3) is 17.3 Å². The minimum Gasteiger partial charge on any atom is -0.493 e. The van der Waals surface area contributed by atoms with Crippen molar-refractivity contribution in [2.24, 2.45) is 0 Å². The second-order valence-corrected chi connectivity index (χ2v) is 9.82. The summed E-state index contributed by atoms with van der Waals surface area (Å²) in [6, 6.07) is 19.1. The van der Waals surface area contributed by atoms with Crippen molar-refractivity contribution in [2.45, 2.75) is 46.3 Å². The molecule has 11 heteroatoms. The van der Waals surface area contributed by atoms with Crippen LogP contribution in [0.4, 0.5) is 0 Å². The van der Waals surface area contributed by atoms with Crippen LogP contribution in [0, 0.1) is 6.92 Å². The zero-order chi connectivity index (χ0) is 29.6. The SMILES string of the molecule is CCCc1nnc(Cc2cn(-c3ccccc3)nc2OCc2ccc(OCc3nc(-c4ccco4)oc3C)c(OC)c2)o1. The highest BCUT2D eigenvalue weighted by atomic mass is 16.5. The second-order valence-electron chi connectivity index (χ2n) is 9.82. The Hall–Kier alpha value is -5.32. The van der Waals surface area contributed by atoms with E-state index in [4.69, 9.17) is 32.6 Å². The number of methoxy groups -OCH3 is 1. The fraction of sp³-hybridized carbons (Fsp3) is 0.250. The van der Waals surface area contributed by atoms with Gasteiger partial charge in [0.2, 0.25) is 17.7 Å². The predicted octanol–water partition coefficient (Wildman–Crippen LogP) is 6.52. The smallest absolute Gasteiger partial charge is 0.263 e. The number of nitrogens with zero attached hydrogens (tertiary/aromatic N) is 5. The molecule has 0 aliphatic heterocycles. The summed E-state index contributed by atoms with van der Waals surface area (Å²) in [5.74, 6) is 4.39. The molecule has 0 unspecified atom stereocenters. The van der Waals surface area contributed by atoms with E-state index in [0.29, 0.717) is 58.7 Å². The highest BCUT2D eigenvalue weighted by Crippen LogP contribution is 2.31. The molecule has 0 saturated heterocycles. The second kappa shape index (κ2) is 12.7. The van der Waals surface area contributed by atoms with Crippen molar-refractivity contribution in [3.63, 3.8) is 0 Å². The molecule has 6 aromatic rings. The van der Waals surface area contributed by atoms with E-state index < -0.39 is 0 Å². The van der Waals surface area contributed by atoms with E-state index in [1.54, 1.807) is 30.2 Å². The third-order valence-corrected chi connectivity index (χ3v) is 6.68. The van der Waals surface area contributed by atoms with Crippen LogP contribution in [0.2, 0.25) is 0 Å². The van der Waals surface area contributed by atoms with E-state index in [2.05, 4.69) is 22.1 Å². The Morgan fingerprint density at radius 1 is 0.884 bits per heavy atom. The summed E-state index contributed by atoms with van der Waals surface area (Å²) < 4.78 is 36.6. The third-order valence-electron chi connectivity index (χ3n) is 6.68. The van der Waals surface area contributed by atoms with Crippen LogP contribution in [-0.2, 0) is 26.1 Å². The number of hydrogen-bond acceptors (Lipinski definition) is 10. The van der Waals surface area contributed by atoms with Crippen molar-refractivity contribution in [1.82, 2.24) is 25.0 Å². The molecule has 6 rings (SSSR count). The number of para-hydroxylation sites is 1. The fourth-order valence-corrected chi connectivity index (χ4v) is 4.47. The van der Waals surface area contributed by atoms with Crippen LogP contribution in [0.1, 0.15) is 47.7 Å². The average molecular weight is 582 g/mol. The van der Waals surface area contributed by atoms with Gasteiger partial charge >= 0.3 is 0 Å². The Morgan fingerprint density at radius 3 is 2.53 bits per heavy atom. The van der Waals surface area contributed by atoms with Crippen LogP contribution in [0.5, 0.6) is 17.4 Å². The van der Waals surface area contributed by atoms with E-state index in [1.165, 1.54) is 0 Å². The maximum absolute atomic E-state index is 6.22. The molecule has 0 atom stereocenters. The number of oxazole rings is 1. The summed E-state index contributed by atoms with van der Waals surface area (Å²) in [6.07, 6.45) is 5.58. The number of aryl methyl sites for hydroxylation is 2. The van der Waals surface area contributed by atoms with Gasteiger partial charge < -0.3 is 27.5 Å². The lowest BCUT2D eigenvalue weighted by Crippen LogP contribution is -2.02. The molecule has 0 saturated carbocycles. The highest BCUT2D eigenvalue weighted by Gasteiger charge is 2.18. The van der Waals surface area contributed by atoms with Crippen molar-refractivity contribution in [2.75, 3.05) is 7.11 Å². The normalized spacial score (nSPS) is 11.1. The zero-order valence-electron chi connectivity index (χ0n) is 24.1. The number of benzene rings is 2. The van der Waals surface area contributed by atoms with Gasteiger partial charge in [-0.15, -0.1) is 15.3 Å². The maximum atomic E-state index is 6.22. The van der Waals surface area contributed by atoms with E-state index in [1.807, 2.05) is 61.7 Å². The third kappa shape index (κ3) is 6.45. The Bertz CT molecular complexity index is 1770. The first-order chi connectivity index (χ1) is 21.1. The van der Waals surface area contributed by atoms with Crippen LogP contribution in [0.3, 0.4) is 0 Å². The Labute approximate surface area is 248 Å². The van der Waals surface area contributed by atoms with Crippen LogP contribution < -0.4 is 14.2 Å². The summed E-state index contributed by atoms with van der Waals surface area (Å²) in [4.78, 5) is 4.51. The summed E-state index contributed by atoms with van der Waals surface area (Å²) in [5.41, 5.74) is 3.30. The molecule has 2 aromatic carbocycles. The molecule has 0 radical (unpaired) electrons. The van der Waals surface area contributed by atoms with Crippen LogP contribution in [0.15, 0.2) is 86.4 Å². The highest BCUT2D eigenvalue weighted by molar-refractivity contribution is 5.45. The van der Waals surface area contributed by atoms with E-state index >= 15 is 0 Å². The number of hydrogen-bond donors (Lipinski definition) is 0. The van der Waals surface area contributed by atoms with E-state index in [-0.39, 0.29) is 13.2 Å². The molecule has 220 valence electrons. The minimum absolute atomic E-state index is 0.207. The van der Waals surface area contributed by atoms with E-state index in [0.717, 1.165) is 29.7 Å². The molecule has 0 spiro atoms. The van der Waals surface area contributed by atoms with Crippen LogP contribution >= 0.6 is 0 Å². The quantitative estimate of drug-likeness (QED) is 0.149. The topological polar surface area (TPSA) is 124 Å². The number of rotatable bonds is 13. The lowest BCUT2D eigenvalue weighted by Gasteiger charge is -2.12. The molecular formula is C32H31N5O6. The standard InChI is InChI=1S/C32H31N5O6/c1-4-9-29-34-35-30(43-29)17-23-18-37(24-10-6-5-7-11-24)36-31(23)41-19-22-13-14-26(28(16-22)38-3)40-20-25-21(2)42-32(33-25)27-12-8-15-39-27/h5-8,10-16,18H,4,9,17,19-20H2,1-3H3. The van der Waals surface area contributed by atoms with Gasteiger partial charge in [0.1, 0.15) is 24.7 Å². The first kappa shape index (κ1) is 27.8. The van der Waals surface area contributed by atoms with Crippen LogP contribution in [-0.4, -0.2) is 32.1 Å². The number of furan rings is 1. The van der Waals surface area contributed by atoms with Crippen molar-refractivity contribution >= 4 is 0 Å². The maximum Gasteiger partial charge on any atom is 0.263 e. The van der Waals surface area contributed by atoms with E-state index in [9.17, 15) is 0 Å². The van der Waals surface area contributed by atoms with Gasteiger partial charge in [0.25, 0.3) is 5.89 Å². The molecule has 43 heavy (non-hydrogen) atoms. The van der Waals surface area contributed by atoms with Crippen molar-refractivity contribution in [1.29, 1.82) is 0 Å². The molecule has 4 aromatic heterocycles. The van der Waals surface area contributed by atoms with Gasteiger partial charge in [-0.3, -0.25) is 0 Å².